The number of carbonyl (C=O) groups excluding carboxylic acids is 1. The summed E-state index contributed by atoms with van der Waals surface area (Å²) in [6.07, 6.45) is -2.59. The minimum absolute atomic E-state index is 0.391. The first-order valence-corrected chi connectivity index (χ1v) is 5.92. The molecule has 0 radical (unpaired) electrons. The van der Waals surface area contributed by atoms with Crippen molar-refractivity contribution in [1.29, 1.82) is 0 Å². The molecule has 17 heavy (non-hydrogen) atoms. The molecule has 1 aliphatic rings. The van der Waals surface area contributed by atoms with E-state index in [0.29, 0.717) is 12.8 Å². The molecule has 1 rings (SSSR count). The van der Waals surface area contributed by atoms with Crippen LogP contribution in [0, 0.1) is 0 Å². The van der Waals surface area contributed by atoms with Crippen molar-refractivity contribution in [2.75, 3.05) is 0 Å². The summed E-state index contributed by atoms with van der Waals surface area (Å²) in [4.78, 5) is 11.3. The predicted octanol–water partition coefficient (Wildman–Crippen LogP) is 2.14. The van der Waals surface area contributed by atoms with E-state index in [4.69, 9.17) is 0 Å². The van der Waals surface area contributed by atoms with Crippen LogP contribution in [-0.4, -0.2) is 29.3 Å². The molecular weight excluding hydrogens is 235 g/mol. The third-order valence-electron chi connectivity index (χ3n) is 2.96. The highest BCUT2D eigenvalue weighted by Crippen LogP contribution is 2.22. The highest BCUT2D eigenvalue weighted by molar-refractivity contribution is 5.76. The largest absolute Gasteiger partial charge is 0.391 e. The van der Waals surface area contributed by atoms with Crippen LogP contribution in [-0.2, 0) is 4.79 Å². The lowest BCUT2D eigenvalue weighted by molar-refractivity contribution is -0.144. The smallest absolute Gasteiger partial charge is 0.389 e. The van der Waals surface area contributed by atoms with Crippen molar-refractivity contribution in [3.05, 3.63) is 0 Å². The molecule has 2 unspecified atom stereocenters. The minimum Gasteiger partial charge on any atom is -0.391 e. The number of amides is 1. The molecule has 0 heterocycles. The Labute approximate surface area is 98.4 Å². The van der Waals surface area contributed by atoms with Gasteiger partial charge in [0.1, 0.15) is 0 Å². The van der Waals surface area contributed by atoms with Crippen molar-refractivity contribution >= 4 is 5.91 Å². The van der Waals surface area contributed by atoms with Gasteiger partial charge in [-0.3, -0.25) is 4.79 Å². The molecule has 0 saturated heterocycles. The number of rotatable bonds is 3. The molecule has 0 bridgehead atoms. The Morgan fingerprint density at radius 3 is 2.53 bits per heavy atom. The molecule has 3 nitrogen and oxygen atoms in total. The van der Waals surface area contributed by atoms with E-state index in [0.717, 1.165) is 19.3 Å². The first-order valence-electron chi connectivity index (χ1n) is 5.92. The maximum Gasteiger partial charge on any atom is 0.389 e. The molecule has 0 aliphatic heterocycles. The summed E-state index contributed by atoms with van der Waals surface area (Å²) in [7, 11) is 0. The maximum absolute atomic E-state index is 11.9. The predicted molar refractivity (Wildman–Crippen MR) is 56.3 cm³/mol. The lowest BCUT2D eigenvalue weighted by atomic mass is 10.1. The van der Waals surface area contributed by atoms with E-state index >= 15 is 0 Å². The number of aliphatic hydroxyl groups is 1. The quantitative estimate of drug-likeness (QED) is 0.757. The minimum atomic E-state index is -4.31. The molecule has 100 valence electrons. The third-order valence-corrected chi connectivity index (χ3v) is 2.96. The van der Waals surface area contributed by atoms with Crippen LogP contribution < -0.4 is 5.32 Å². The zero-order valence-electron chi connectivity index (χ0n) is 9.59. The highest BCUT2D eigenvalue weighted by atomic mass is 19.4. The first-order chi connectivity index (χ1) is 7.88. The molecule has 2 N–H and O–H groups in total. The molecule has 1 aliphatic carbocycles. The Balaban J connectivity index is 2.33. The number of hydrogen-bond acceptors (Lipinski definition) is 2. The summed E-state index contributed by atoms with van der Waals surface area (Å²) in [6, 6.07) is -0.391. The normalized spacial score (nSPS) is 26.4. The van der Waals surface area contributed by atoms with Gasteiger partial charge < -0.3 is 10.4 Å². The van der Waals surface area contributed by atoms with E-state index in [1.54, 1.807) is 0 Å². The van der Waals surface area contributed by atoms with Gasteiger partial charge in [-0.2, -0.15) is 13.2 Å². The lowest BCUT2D eigenvalue weighted by Crippen LogP contribution is -2.42. The molecule has 1 saturated carbocycles. The summed E-state index contributed by atoms with van der Waals surface area (Å²) < 4.78 is 35.7. The average molecular weight is 253 g/mol. The van der Waals surface area contributed by atoms with Gasteiger partial charge in [0, 0.05) is 6.42 Å². The van der Waals surface area contributed by atoms with Gasteiger partial charge in [0.2, 0.25) is 5.91 Å². The van der Waals surface area contributed by atoms with Crippen molar-refractivity contribution in [1.82, 2.24) is 5.32 Å². The van der Waals surface area contributed by atoms with Crippen molar-refractivity contribution < 1.29 is 23.1 Å². The van der Waals surface area contributed by atoms with Crippen LogP contribution >= 0.6 is 0 Å². The Kier molecular flexibility index (Phi) is 5.24. The second-order valence-corrected chi connectivity index (χ2v) is 4.49. The molecular formula is C11H18F3NO2. The van der Waals surface area contributed by atoms with Crippen molar-refractivity contribution in [2.45, 2.75) is 63.3 Å². The monoisotopic (exact) mass is 253 g/mol. The SMILES string of the molecule is O=C(CCC(F)(F)F)NC1CCCCCC1O. The van der Waals surface area contributed by atoms with Crippen LogP contribution in [0.25, 0.3) is 0 Å². The Morgan fingerprint density at radius 1 is 1.24 bits per heavy atom. The Bertz CT molecular complexity index is 256. The standard InChI is InChI=1S/C11H18F3NO2/c12-11(13,14)7-6-10(17)15-8-4-2-1-3-5-9(8)16/h8-9,16H,1-7H2,(H,15,17). The average Bonchev–Trinajstić information content (AvgIpc) is 2.41. The summed E-state index contributed by atoms with van der Waals surface area (Å²) in [5.41, 5.74) is 0. The van der Waals surface area contributed by atoms with E-state index in [1.807, 2.05) is 0 Å². The molecule has 1 amide bonds. The van der Waals surface area contributed by atoms with Crippen LogP contribution in [0.1, 0.15) is 44.9 Å². The van der Waals surface area contributed by atoms with Gasteiger partial charge in [0.05, 0.1) is 18.6 Å². The second kappa shape index (κ2) is 6.23. The van der Waals surface area contributed by atoms with E-state index in [-0.39, 0.29) is 0 Å². The van der Waals surface area contributed by atoms with E-state index in [9.17, 15) is 23.1 Å². The molecule has 2 atom stereocenters. The van der Waals surface area contributed by atoms with Crippen molar-refractivity contribution in [3.63, 3.8) is 0 Å². The highest BCUT2D eigenvalue weighted by Gasteiger charge is 2.29. The number of hydrogen-bond donors (Lipinski definition) is 2. The van der Waals surface area contributed by atoms with Crippen LogP contribution in [0.4, 0.5) is 13.2 Å². The van der Waals surface area contributed by atoms with E-state index in [2.05, 4.69) is 5.32 Å². The maximum atomic E-state index is 11.9. The van der Waals surface area contributed by atoms with Gasteiger partial charge >= 0.3 is 6.18 Å². The number of aliphatic hydroxyl groups excluding tert-OH is 1. The van der Waals surface area contributed by atoms with Crippen LogP contribution in [0.15, 0.2) is 0 Å². The number of nitrogens with one attached hydrogen (secondary N) is 1. The lowest BCUT2D eigenvalue weighted by Gasteiger charge is -2.21. The van der Waals surface area contributed by atoms with Gasteiger partial charge in [-0.25, -0.2) is 0 Å². The van der Waals surface area contributed by atoms with Crippen LogP contribution in [0.5, 0.6) is 0 Å². The summed E-state index contributed by atoms with van der Waals surface area (Å²) in [6.45, 7) is 0. The summed E-state index contributed by atoms with van der Waals surface area (Å²) >= 11 is 0. The van der Waals surface area contributed by atoms with Crippen LogP contribution in [0.2, 0.25) is 0 Å². The Morgan fingerprint density at radius 2 is 1.88 bits per heavy atom. The summed E-state index contributed by atoms with van der Waals surface area (Å²) in [5.74, 6) is -0.631. The van der Waals surface area contributed by atoms with Gasteiger partial charge in [-0.15, -0.1) is 0 Å². The molecule has 0 aromatic heterocycles. The van der Waals surface area contributed by atoms with Gasteiger partial charge in [0.25, 0.3) is 0 Å². The Hall–Kier alpha value is -0.780. The van der Waals surface area contributed by atoms with Gasteiger partial charge in [-0.1, -0.05) is 19.3 Å². The van der Waals surface area contributed by atoms with E-state index < -0.39 is 37.1 Å². The second-order valence-electron chi connectivity index (χ2n) is 4.49. The van der Waals surface area contributed by atoms with Gasteiger partial charge in [0.15, 0.2) is 0 Å². The van der Waals surface area contributed by atoms with Gasteiger partial charge in [-0.05, 0) is 12.8 Å². The molecule has 6 heteroatoms. The first kappa shape index (κ1) is 14.3. The topological polar surface area (TPSA) is 49.3 Å². The number of carbonyl (C=O) groups is 1. The fourth-order valence-corrected chi connectivity index (χ4v) is 1.99. The van der Waals surface area contributed by atoms with Crippen molar-refractivity contribution in [3.8, 4) is 0 Å². The summed E-state index contributed by atoms with van der Waals surface area (Å²) in [5, 5.41) is 12.2. The zero-order chi connectivity index (χ0) is 12.9. The number of alkyl halides is 3. The fraction of sp³-hybridized carbons (Fsp3) is 0.909. The van der Waals surface area contributed by atoms with E-state index in [1.165, 1.54) is 0 Å². The molecule has 1 fully saturated rings. The zero-order valence-corrected chi connectivity index (χ0v) is 9.59. The molecule has 0 spiro atoms. The molecule has 0 aromatic carbocycles. The fourth-order valence-electron chi connectivity index (χ4n) is 1.99. The molecule has 0 aromatic rings. The van der Waals surface area contributed by atoms with Crippen molar-refractivity contribution in [2.24, 2.45) is 0 Å². The van der Waals surface area contributed by atoms with Crippen LogP contribution in [0.3, 0.4) is 0 Å². The third kappa shape index (κ3) is 5.91. The number of halogens is 3.